The standard InChI is InChI=1S/C7H6ClFN2O2/c1-11(7(12)13)5-2-4(9)3-10-6(5)8/h2-3H,1H3,(H,12,13). The lowest BCUT2D eigenvalue weighted by molar-refractivity contribution is 0.203. The zero-order valence-corrected chi connectivity index (χ0v) is 7.42. The Hall–Kier alpha value is -1.36. The molecule has 13 heavy (non-hydrogen) atoms. The van der Waals surface area contributed by atoms with Gasteiger partial charge < -0.3 is 5.11 Å². The molecule has 1 heterocycles. The van der Waals surface area contributed by atoms with Crippen molar-refractivity contribution in [2.75, 3.05) is 11.9 Å². The SMILES string of the molecule is CN(C(=O)O)c1cc(F)cnc1Cl. The predicted molar refractivity (Wildman–Crippen MR) is 45.6 cm³/mol. The Morgan fingerprint density at radius 3 is 2.92 bits per heavy atom. The van der Waals surface area contributed by atoms with Gasteiger partial charge in [-0.15, -0.1) is 0 Å². The third-order valence-electron chi connectivity index (χ3n) is 1.44. The van der Waals surface area contributed by atoms with Crippen LogP contribution in [0.5, 0.6) is 0 Å². The summed E-state index contributed by atoms with van der Waals surface area (Å²) in [5, 5.41) is 8.52. The summed E-state index contributed by atoms with van der Waals surface area (Å²) < 4.78 is 12.6. The molecule has 0 aliphatic carbocycles. The van der Waals surface area contributed by atoms with E-state index in [2.05, 4.69) is 4.98 Å². The molecule has 0 radical (unpaired) electrons. The first-order chi connectivity index (χ1) is 6.02. The second-order valence-corrected chi connectivity index (χ2v) is 2.66. The Balaban J connectivity index is 3.12. The normalized spacial score (nSPS) is 9.77. The first kappa shape index (κ1) is 9.73. The summed E-state index contributed by atoms with van der Waals surface area (Å²) in [5.41, 5.74) is 0.0224. The average Bonchev–Trinajstić information content (AvgIpc) is 2.08. The Morgan fingerprint density at radius 2 is 2.38 bits per heavy atom. The van der Waals surface area contributed by atoms with Crippen molar-refractivity contribution in [3.63, 3.8) is 0 Å². The Morgan fingerprint density at radius 1 is 1.77 bits per heavy atom. The van der Waals surface area contributed by atoms with Crippen LogP contribution in [0.25, 0.3) is 0 Å². The number of carbonyl (C=O) groups is 1. The number of carboxylic acid groups (broad SMARTS) is 1. The van der Waals surface area contributed by atoms with E-state index >= 15 is 0 Å². The topological polar surface area (TPSA) is 53.4 Å². The monoisotopic (exact) mass is 204 g/mol. The molecule has 70 valence electrons. The fourth-order valence-electron chi connectivity index (χ4n) is 0.750. The maximum atomic E-state index is 12.6. The average molecular weight is 205 g/mol. The van der Waals surface area contributed by atoms with Gasteiger partial charge in [0.1, 0.15) is 5.82 Å². The molecular weight excluding hydrogens is 199 g/mol. The van der Waals surface area contributed by atoms with Gasteiger partial charge in [0.2, 0.25) is 0 Å². The molecule has 0 spiro atoms. The van der Waals surface area contributed by atoms with E-state index in [1.807, 2.05) is 0 Å². The molecule has 0 fully saturated rings. The van der Waals surface area contributed by atoms with E-state index in [4.69, 9.17) is 16.7 Å². The summed E-state index contributed by atoms with van der Waals surface area (Å²) in [6, 6.07) is 1.00. The van der Waals surface area contributed by atoms with E-state index in [0.717, 1.165) is 17.2 Å². The first-order valence-electron chi connectivity index (χ1n) is 3.30. The molecule has 1 N–H and O–H groups in total. The molecule has 0 aromatic carbocycles. The van der Waals surface area contributed by atoms with E-state index in [1.54, 1.807) is 0 Å². The summed E-state index contributed by atoms with van der Waals surface area (Å²) in [6.07, 6.45) is -0.309. The molecule has 0 unspecified atom stereocenters. The lowest BCUT2D eigenvalue weighted by Gasteiger charge is -2.13. The van der Waals surface area contributed by atoms with E-state index in [0.29, 0.717) is 0 Å². The Bertz CT molecular complexity index is 345. The number of rotatable bonds is 1. The van der Waals surface area contributed by atoms with Crippen molar-refractivity contribution < 1.29 is 14.3 Å². The third kappa shape index (κ3) is 2.06. The minimum Gasteiger partial charge on any atom is -0.465 e. The van der Waals surface area contributed by atoms with Gasteiger partial charge in [-0.2, -0.15) is 0 Å². The van der Waals surface area contributed by atoms with Crippen LogP contribution in [0.3, 0.4) is 0 Å². The second kappa shape index (κ2) is 3.57. The van der Waals surface area contributed by atoms with Gasteiger partial charge in [-0.3, -0.25) is 4.90 Å². The van der Waals surface area contributed by atoms with E-state index < -0.39 is 11.9 Å². The van der Waals surface area contributed by atoms with Crippen LogP contribution in [0.15, 0.2) is 12.3 Å². The molecule has 0 saturated heterocycles. The summed E-state index contributed by atoms with van der Waals surface area (Å²) in [6.45, 7) is 0. The van der Waals surface area contributed by atoms with Crippen LogP contribution in [0.2, 0.25) is 5.15 Å². The molecule has 6 heteroatoms. The second-order valence-electron chi connectivity index (χ2n) is 2.31. The lowest BCUT2D eigenvalue weighted by Crippen LogP contribution is -2.24. The van der Waals surface area contributed by atoms with Gasteiger partial charge in [0.25, 0.3) is 0 Å². The Kier molecular flexibility index (Phi) is 2.67. The number of hydrogen-bond acceptors (Lipinski definition) is 2. The maximum Gasteiger partial charge on any atom is 0.411 e. The van der Waals surface area contributed by atoms with Gasteiger partial charge in [0.15, 0.2) is 5.15 Å². The molecule has 0 bridgehead atoms. The zero-order valence-electron chi connectivity index (χ0n) is 6.66. The Labute approximate surface area is 78.6 Å². The molecule has 1 aromatic heterocycles. The van der Waals surface area contributed by atoms with Crippen LogP contribution in [0, 0.1) is 5.82 Å². The largest absolute Gasteiger partial charge is 0.465 e. The molecule has 1 aromatic rings. The summed E-state index contributed by atoms with van der Waals surface area (Å²) in [7, 11) is 1.25. The first-order valence-corrected chi connectivity index (χ1v) is 3.68. The number of halogens is 2. The third-order valence-corrected chi connectivity index (χ3v) is 1.73. The number of hydrogen-bond donors (Lipinski definition) is 1. The van der Waals surface area contributed by atoms with Crippen molar-refractivity contribution in [3.05, 3.63) is 23.2 Å². The van der Waals surface area contributed by atoms with Crippen molar-refractivity contribution >= 4 is 23.4 Å². The van der Waals surface area contributed by atoms with Gasteiger partial charge in [0, 0.05) is 13.1 Å². The van der Waals surface area contributed by atoms with Crippen molar-refractivity contribution in [3.8, 4) is 0 Å². The fourth-order valence-corrected chi connectivity index (χ4v) is 0.980. The van der Waals surface area contributed by atoms with Gasteiger partial charge >= 0.3 is 6.09 Å². The molecule has 0 atom stereocenters. The minimum atomic E-state index is -1.23. The smallest absolute Gasteiger partial charge is 0.411 e. The lowest BCUT2D eigenvalue weighted by atomic mass is 10.4. The quantitative estimate of drug-likeness (QED) is 0.712. The van der Waals surface area contributed by atoms with Crippen molar-refractivity contribution in [1.29, 1.82) is 0 Å². The van der Waals surface area contributed by atoms with Crippen LogP contribution in [-0.2, 0) is 0 Å². The highest BCUT2D eigenvalue weighted by Crippen LogP contribution is 2.22. The van der Waals surface area contributed by atoms with Gasteiger partial charge in [-0.25, -0.2) is 14.2 Å². The molecule has 1 rings (SSSR count). The number of anilines is 1. The van der Waals surface area contributed by atoms with Gasteiger partial charge in [0.05, 0.1) is 11.9 Å². The molecule has 1 amide bonds. The summed E-state index contributed by atoms with van der Waals surface area (Å²) in [4.78, 5) is 14.7. The number of nitrogens with zero attached hydrogens (tertiary/aromatic N) is 2. The molecular formula is C7H6ClFN2O2. The zero-order chi connectivity index (χ0) is 10.0. The highest BCUT2D eigenvalue weighted by Gasteiger charge is 2.13. The minimum absolute atomic E-state index is 0.0224. The van der Waals surface area contributed by atoms with Gasteiger partial charge in [-0.1, -0.05) is 11.6 Å². The van der Waals surface area contributed by atoms with Gasteiger partial charge in [-0.05, 0) is 0 Å². The molecule has 0 aliphatic heterocycles. The molecule has 4 nitrogen and oxygen atoms in total. The van der Waals surface area contributed by atoms with Crippen LogP contribution in [-0.4, -0.2) is 23.2 Å². The maximum absolute atomic E-state index is 12.6. The number of pyridine rings is 1. The summed E-state index contributed by atoms with van der Waals surface area (Å²) in [5.74, 6) is -0.632. The highest BCUT2D eigenvalue weighted by molar-refractivity contribution is 6.32. The van der Waals surface area contributed by atoms with Crippen LogP contribution in [0.1, 0.15) is 0 Å². The predicted octanol–water partition coefficient (Wildman–Crippen LogP) is 1.99. The van der Waals surface area contributed by atoms with E-state index in [1.165, 1.54) is 7.05 Å². The van der Waals surface area contributed by atoms with Crippen molar-refractivity contribution in [2.45, 2.75) is 0 Å². The van der Waals surface area contributed by atoms with Crippen LogP contribution < -0.4 is 4.90 Å². The molecule has 0 saturated carbocycles. The van der Waals surface area contributed by atoms with E-state index in [9.17, 15) is 9.18 Å². The van der Waals surface area contributed by atoms with Crippen molar-refractivity contribution in [1.82, 2.24) is 4.98 Å². The molecule has 0 aliphatic rings. The fraction of sp³-hybridized carbons (Fsp3) is 0.143. The van der Waals surface area contributed by atoms with Crippen LogP contribution >= 0.6 is 11.6 Å². The van der Waals surface area contributed by atoms with Crippen molar-refractivity contribution in [2.24, 2.45) is 0 Å². The highest BCUT2D eigenvalue weighted by atomic mass is 35.5. The van der Waals surface area contributed by atoms with E-state index in [-0.39, 0.29) is 10.8 Å². The summed E-state index contributed by atoms with van der Waals surface area (Å²) >= 11 is 5.55. The number of amides is 1. The number of aromatic nitrogens is 1. The van der Waals surface area contributed by atoms with Crippen LogP contribution in [0.4, 0.5) is 14.9 Å².